The van der Waals surface area contributed by atoms with Crippen molar-refractivity contribution in [3.05, 3.63) is 123 Å². The van der Waals surface area contributed by atoms with Crippen molar-refractivity contribution in [1.82, 2.24) is 0 Å². The Morgan fingerprint density at radius 1 is 0.705 bits per heavy atom. The minimum atomic E-state index is -0.694. The largest absolute Gasteiger partial charge is 0.426 e. The Hall–Kier alpha value is -4.46. The molecule has 9 rings (SSSR count). The Morgan fingerprint density at radius 2 is 1.25 bits per heavy atom. The van der Waals surface area contributed by atoms with Gasteiger partial charge in [0.15, 0.2) is 0 Å². The summed E-state index contributed by atoms with van der Waals surface area (Å²) >= 11 is 12.4. The number of esters is 1. The van der Waals surface area contributed by atoms with E-state index in [9.17, 15) is 19.2 Å². The van der Waals surface area contributed by atoms with Crippen LogP contribution in [0, 0.1) is 17.8 Å². The summed E-state index contributed by atoms with van der Waals surface area (Å²) in [5, 5.41) is 0.567. The van der Waals surface area contributed by atoms with Crippen LogP contribution >= 0.6 is 23.2 Å². The zero-order chi connectivity index (χ0) is 30.3. The van der Waals surface area contributed by atoms with E-state index in [1.807, 2.05) is 24.3 Å². The number of anilines is 2. The third kappa shape index (κ3) is 3.89. The number of benzene rings is 4. The van der Waals surface area contributed by atoms with E-state index in [1.165, 1.54) is 9.80 Å². The number of hydrogen-bond donors (Lipinski definition) is 0. The molecule has 0 aromatic heterocycles. The van der Waals surface area contributed by atoms with Gasteiger partial charge in [-0.25, -0.2) is 4.90 Å². The summed E-state index contributed by atoms with van der Waals surface area (Å²) in [5.74, 6) is -3.01. The summed E-state index contributed by atoms with van der Waals surface area (Å²) in [6.45, 7) is 0.114. The number of halogens is 2. The molecule has 0 spiro atoms. The van der Waals surface area contributed by atoms with Gasteiger partial charge in [0.2, 0.25) is 17.7 Å². The van der Waals surface area contributed by atoms with Crippen LogP contribution in [0.3, 0.4) is 0 Å². The zero-order valence-corrected chi connectivity index (χ0v) is 24.7. The molecule has 7 nitrogen and oxygen atoms in total. The van der Waals surface area contributed by atoms with Gasteiger partial charge in [-0.3, -0.25) is 19.2 Å². The fourth-order valence-electron chi connectivity index (χ4n) is 7.59. The average molecular weight is 623 g/mol. The molecule has 2 bridgehead atoms. The van der Waals surface area contributed by atoms with Gasteiger partial charge in [0.1, 0.15) is 5.75 Å². The standard InChI is InChI=1S/C35H24Cl2N2O5/c36-25-10-5-11-26(32(25)37)38-17-18(16-27(38)40)35(43)44-20-14-12-19(13-15-20)39-33(41)30-28-21-6-1-2-7-22(21)29(31(30)34(39)42)24-9-4-3-8-23(24)28/h1-15,18,28-31H,16-17H2/t18-,28?,29?,30-,31-/m1/s1. The van der Waals surface area contributed by atoms with E-state index < -0.39 is 23.7 Å². The number of hydrogen-bond acceptors (Lipinski definition) is 5. The molecule has 0 unspecified atom stereocenters. The van der Waals surface area contributed by atoms with E-state index >= 15 is 0 Å². The van der Waals surface area contributed by atoms with Gasteiger partial charge in [0.05, 0.1) is 39.2 Å². The van der Waals surface area contributed by atoms with Gasteiger partial charge in [-0.1, -0.05) is 77.8 Å². The molecular weight excluding hydrogens is 599 g/mol. The summed E-state index contributed by atoms with van der Waals surface area (Å²) in [6, 6.07) is 27.6. The van der Waals surface area contributed by atoms with Gasteiger partial charge in [0.25, 0.3) is 0 Å². The molecule has 2 heterocycles. The first-order chi connectivity index (χ1) is 21.3. The summed E-state index contributed by atoms with van der Waals surface area (Å²) in [5.41, 5.74) is 5.34. The maximum atomic E-state index is 14.0. The molecule has 2 aliphatic heterocycles. The molecule has 4 aromatic carbocycles. The van der Waals surface area contributed by atoms with Crippen molar-refractivity contribution >= 4 is 58.3 Å². The van der Waals surface area contributed by atoms with Gasteiger partial charge in [-0.05, 0) is 58.7 Å². The van der Waals surface area contributed by atoms with Crippen molar-refractivity contribution in [2.24, 2.45) is 17.8 Å². The Morgan fingerprint density at radius 3 is 1.80 bits per heavy atom. The second kappa shape index (κ2) is 10.0. The second-order valence-electron chi connectivity index (χ2n) is 11.7. The highest BCUT2D eigenvalue weighted by atomic mass is 35.5. The van der Waals surface area contributed by atoms with Crippen LogP contribution in [0.5, 0.6) is 5.75 Å². The lowest BCUT2D eigenvalue weighted by atomic mass is 9.55. The number of amides is 3. The van der Waals surface area contributed by atoms with Crippen molar-refractivity contribution < 1.29 is 23.9 Å². The number of imide groups is 1. The fourth-order valence-corrected chi connectivity index (χ4v) is 7.99. The number of carbonyl (C=O) groups is 4. The van der Waals surface area contributed by atoms with Crippen molar-refractivity contribution in [3.63, 3.8) is 0 Å². The van der Waals surface area contributed by atoms with Crippen molar-refractivity contribution in [1.29, 1.82) is 0 Å². The lowest BCUT2D eigenvalue weighted by molar-refractivity contribution is -0.139. The topological polar surface area (TPSA) is 84.0 Å². The molecule has 4 aromatic rings. The van der Waals surface area contributed by atoms with Crippen LogP contribution in [-0.2, 0) is 19.2 Å². The number of rotatable bonds is 4. The molecule has 3 amide bonds. The second-order valence-corrected chi connectivity index (χ2v) is 12.5. The van der Waals surface area contributed by atoms with E-state index in [2.05, 4.69) is 24.3 Å². The minimum Gasteiger partial charge on any atom is -0.426 e. The van der Waals surface area contributed by atoms with Crippen LogP contribution in [0.1, 0.15) is 40.5 Å². The zero-order valence-electron chi connectivity index (χ0n) is 23.2. The predicted molar refractivity (Wildman–Crippen MR) is 165 cm³/mol. The highest BCUT2D eigenvalue weighted by molar-refractivity contribution is 6.44. The summed E-state index contributed by atoms with van der Waals surface area (Å²) in [4.78, 5) is 56.4. The Balaban J connectivity index is 1.02. The number of nitrogens with zero attached hydrogens (tertiary/aromatic N) is 2. The van der Waals surface area contributed by atoms with Gasteiger partial charge >= 0.3 is 5.97 Å². The molecule has 218 valence electrons. The Labute approximate surface area is 262 Å². The van der Waals surface area contributed by atoms with Crippen LogP contribution in [0.15, 0.2) is 91.0 Å². The smallest absolute Gasteiger partial charge is 0.316 e. The molecule has 3 atom stereocenters. The molecule has 0 N–H and O–H groups in total. The molecule has 0 radical (unpaired) electrons. The maximum Gasteiger partial charge on any atom is 0.316 e. The molecule has 5 aliphatic rings. The van der Waals surface area contributed by atoms with Gasteiger partial charge in [-0.15, -0.1) is 0 Å². The average Bonchev–Trinajstić information content (AvgIpc) is 3.55. The first-order valence-corrected chi connectivity index (χ1v) is 15.2. The number of ether oxygens (including phenoxy) is 1. The quantitative estimate of drug-likeness (QED) is 0.150. The fraction of sp³-hybridized carbons (Fsp3) is 0.200. The van der Waals surface area contributed by atoms with E-state index in [0.717, 1.165) is 22.3 Å². The Bertz CT molecular complexity index is 1790. The molecule has 2 fully saturated rings. The third-order valence-corrected chi connectivity index (χ3v) is 10.3. The normalized spacial score (nSPS) is 24.8. The molecule has 2 saturated heterocycles. The summed E-state index contributed by atoms with van der Waals surface area (Å²) in [7, 11) is 0. The minimum absolute atomic E-state index is 0.0214. The molecule has 3 aliphatic carbocycles. The first kappa shape index (κ1) is 27.1. The van der Waals surface area contributed by atoms with Crippen LogP contribution in [-0.4, -0.2) is 30.2 Å². The lowest BCUT2D eigenvalue weighted by Gasteiger charge is -2.45. The first-order valence-electron chi connectivity index (χ1n) is 14.4. The lowest BCUT2D eigenvalue weighted by Crippen LogP contribution is -2.41. The monoisotopic (exact) mass is 622 g/mol. The SMILES string of the molecule is O=C(Oc1ccc(N2C(=O)[C@@H]3C4c5ccccc5C(c5ccccc54)[C@H]3C2=O)cc1)[C@@H]1CC(=O)N(c2cccc(Cl)c2Cl)C1. The molecule has 0 saturated carbocycles. The van der Waals surface area contributed by atoms with Crippen LogP contribution in [0.2, 0.25) is 10.0 Å². The van der Waals surface area contributed by atoms with Gasteiger partial charge in [0, 0.05) is 24.8 Å². The van der Waals surface area contributed by atoms with E-state index in [-0.39, 0.29) is 53.3 Å². The molecular formula is C35H24Cl2N2O5. The van der Waals surface area contributed by atoms with Crippen LogP contribution in [0.4, 0.5) is 11.4 Å². The van der Waals surface area contributed by atoms with E-state index in [1.54, 1.807) is 42.5 Å². The van der Waals surface area contributed by atoms with Gasteiger partial charge in [-0.2, -0.15) is 0 Å². The van der Waals surface area contributed by atoms with Crippen LogP contribution < -0.4 is 14.5 Å². The van der Waals surface area contributed by atoms with Crippen molar-refractivity contribution in [3.8, 4) is 5.75 Å². The van der Waals surface area contributed by atoms with Crippen molar-refractivity contribution in [2.75, 3.05) is 16.3 Å². The highest BCUT2D eigenvalue weighted by Crippen LogP contribution is 2.61. The van der Waals surface area contributed by atoms with E-state index in [0.29, 0.717) is 16.4 Å². The third-order valence-electron chi connectivity index (χ3n) is 9.44. The highest BCUT2D eigenvalue weighted by Gasteiger charge is 2.61. The van der Waals surface area contributed by atoms with E-state index in [4.69, 9.17) is 27.9 Å². The predicted octanol–water partition coefficient (Wildman–Crippen LogP) is 6.35. The summed E-state index contributed by atoms with van der Waals surface area (Å²) < 4.78 is 5.61. The molecule has 44 heavy (non-hydrogen) atoms. The Kier molecular flexibility index (Phi) is 6.19. The number of carbonyl (C=O) groups excluding carboxylic acids is 4. The van der Waals surface area contributed by atoms with Crippen LogP contribution in [0.25, 0.3) is 0 Å². The molecule has 9 heteroatoms. The summed E-state index contributed by atoms with van der Waals surface area (Å²) in [6.07, 6.45) is -0.0214. The maximum absolute atomic E-state index is 14.0. The van der Waals surface area contributed by atoms with Gasteiger partial charge < -0.3 is 9.64 Å². The van der Waals surface area contributed by atoms with Crippen molar-refractivity contribution in [2.45, 2.75) is 18.3 Å².